The number of alkyl halides is 6. The van der Waals surface area contributed by atoms with E-state index in [-0.39, 0.29) is 18.2 Å². The van der Waals surface area contributed by atoms with Crippen molar-refractivity contribution < 1.29 is 35.9 Å². The van der Waals surface area contributed by atoms with Crippen LogP contribution in [-0.4, -0.2) is 36.2 Å². The highest BCUT2D eigenvalue weighted by Crippen LogP contribution is 2.37. The maximum Gasteiger partial charge on any atom is 0.416 e. The normalized spacial score (nSPS) is 14.3. The maximum atomic E-state index is 13.4. The maximum absolute atomic E-state index is 13.4. The Labute approximate surface area is 222 Å². The van der Waals surface area contributed by atoms with Crippen LogP contribution in [0.2, 0.25) is 0 Å². The van der Waals surface area contributed by atoms with Crippen LogP contribution >= 0.6 is 0 Å². The molecule has 5 nitrogen and oxygen atoms in total. The smallest absolute Gasteiger partial charge is 0.416 e. The summed E-state index contributed by atoms with van der Waals surface area (Å²) in [6, 6.07) is 10.6. The number of carbonyl (C=O) groups excluding carboxylic acids is 1. The Hall–Kier alpha value is -3.50. The van der Waals surface area contributed by atoms with Crippen LogP contribution in [0.3, 0.4) is 0 Å². The average molecular weight is 554 g/mol. The van der Waals surface area contributed by atoms with E-state index in [0.29, 0.717) is 36.0 Å². The molecule has 1 amide bonds. The van der Waals surface area contributed by atoms with Crippen molar-refractivity contribution in [2.45, 2.75) is 51.6 Å². The zero-order chi connectivity index (χ0) is 28.4. The number of hydrogen-bond acceptors (Lipinski definition) is 4. The Balaban J connectivity index is 1.74. The molecule has 1 saturated carbocycles. The third-order valence-electron chi connectivity index (χ3n) is 6.98. The second-order valence-corrected chi connectivity index (χ2v) is 9.74. The molecule has 1 aliphatic carbocycles. The van der Waals surface area contributed by atoms with E-state index in [1.165, 1.54) is 0 Å². The van der Waals surface area contributed by atoms with Crippen LogP contribution in [0.1, 0.15) is 48.4 Å². The largest absolute Gasteiger partial charge is 0.453 e. The highest BCUT2D eigenvalue weighted by atomic mass is 19.4. The molecule has 0 saturated heterocycles. The number of hydrogen-bond donors (Lipinski definition) is 0. The molecule has 1 aliphatic rings. The molecular formula is C28H29F6N3O2. The summed E-state index contributed by atoms with van der Waals surface area (Å²) in [6.45, 7) is 2.73. The van der Waals surface area contributed by atoms with Crippen molar-refractivity contribution in [3.63, 3.8) is 0 Å². The van der Waals surface area contributed by atoms with Gasteiger partial charge in [0.15, 0.2) is 0 Å². The quantitative estimate of drug-likeness (QED) is 0.269. The van der Waals surface area contributed by atoms with Crippen LogP contribution in [0.5, 0.6) is 0 Å². The van der Waals surface area contributed by atoms with Crippen molar-refractivity contribution in [3.8, 4) is 0 Å². The number of amides is 1. The van der Waals surface area contributed by atoms with Crippen molar-refractivity contribution in [2.24, 2.45) is 5.92 Å². The summed E-state index contributed by atoms with van der Waals surface area (Å²) in [5, 5.41) is 0.791. The van der Waals surface area contributed by atoms with Gasteiger partial charge < -0.3 is 9.64 Å². The van der Waals surface area contributed by atoms with Crippen LogP contribution in [0.15, 0.2) is 48.5 Å². The molecule has 0 spiro atoms. The molecule has 0 N–H and O–H groups in total. The Kier molecular flexibility index (Phi) is 8.27. The molecule has 1 aromatic heterocycles. The van der Waals surface area contributed by atoms with Crippen molar-refractivity contribution in [2.75, 3.05) is 25.1 Å². The zero-order valence-electron chi connectivity index (χ0n) is 21.6. The highest BCUT2D eigenvalue weighted by Gasteiger charge is 2.37. The molecule has 3 aromatic rings. The highest BCUT2D eigenvalue weighted by molar-refractivity contribution is 5.82. The number of aromatic nitrogens is 1. The first-order chi connectivity index (χ1) is 18.4. The van der Waals surface area contributed by atoms with E-state index in [9.17, 15) is 31.1 Å². The first-order valence-electron chi connectivity index (χ1n) is 12.6. The van der Waals surface area contributed by atoms with Crippen molar-refractivity contribution in [1.29, 1.82) is 0 Å². The van der Waals surface area contributed by atoms with Gasteiger partial charge in [-0.3, -0.25) is 4.90 Å². The van der Waals surface area contributed by atoms with Crippen molar-refractivity contribution >= 4 is 22.8 Å². The summed E-state index contributed by atoms with van der Waals surface area (Å²) in [5.74, 6) is 1.13. The second kappa shape index (κ2) is 11.3. The molecule has 1 fully saturated rings. The molecular weight excluding hydrogens is 524 g/mol. The van der Waals surface area contributed by atoms with Gasteiger partial charge >= 0.3 is 18.4 Å². The summed E-state index contributed by atoms with van der Waals surface area (Å²) in [7, 11) is 1.11. The molecule has 0 radical (unpaired) electrons. The number of anilines is 1. The van der Waals surface area contributed by atoms with E-state index >= 15 is 0 Å². The summed E-state index contributed by atoms with van der Waals surface area (Å²) < 4.78 is 85.4. The lowest BCUT2D eigenvalue weighted by molar-refractivity contribution is -0.143. The van der Waals surface area contributed by atoms with Crippen LogP contribution in [0, 0.1) is 5.92 Å². The molecule has 0 aliphatic heterocycles. The molecule has 11 heteroatoms. The van der Waals surface area contributed by atoms with E-state index in [0.717, 1.165) is 48.7 Å². The minimum absolute atomic E-state index is 0.0664. The lowest BCUT2D eigenvalue weighted by Gasteiger charge is -2.34. The minimum Gasteiger partial charge on any atom is -0.453 e. The molecule has 4 rings (SSSR count). The van der Waals surface area contributed by atoms with Crippen LogP contribution in [0.4, 0.5) is 37.0 Å². The molecule has 1 heterocycles. The number of ether oxygens (including phenoxy) is 1. The summed E-state index contributed by atoms with van der Waals surface area (Å²) in [4.78, 5) is 20.8. The summed E-state index contributed by atoms with van der Waals surface area (Å²) >= 11 is 0. The van der Waals surface area contributed by atoms with Gasteiger partial charge in [0.1, 0.15) is 5.82 Å². The van der Waals surface area contributed by atoms with Crippen LogP contribution in [0.25, 0.3) is 10.9 Å². The van der Waals surface area contributed by atoms with Gasteiger partial charge in [-0.15, -0.1) is 0 Å². The van der Waals surface area contributed by atoms with Crippen LogP contribution < -0.4 is 4.90 Å². The van der Waals surface area contributed by atoms with Crippen molar-refractivity contribution in [1.82, 2.24) is 9.88 Å². The van der Waals surface area contributed by atoms with E-state index in [4.69, 9.17) is 9.72 Å². The van der Waals surface area contributed by atoms with Crippen LogP contribution in [-0.2, 0) is 30.2 Å². The molecule has 39 heavy (non-hydrogen) atoms. The lowest BCUT2D eigenvalue weighted by atomic mass is 9.85. The average Bonchev–Trinajstić information content (AvgIpc) is 2.86. The molecule has 210 valence electrons. The zero-order valence-corrected chi connectivity index (χ0v) is 21.6. The number of pyridine rings is 1. The lowest BCUT2D eigenvalue weighted by Crippen LogP contribution is -2.35. The molecule has 2 aromatic carbocycles. The van der Waals surface area contributed by atoms with E-state index in [2.05, 4.69) is 4.90 Å². The first kappa shape index (κ1) is 28.5. The minimum atomic E-state index is -5.00. The summed E-state index contributed by atoms with van der Waals surface area (Å²) in [5.41, 5.74) is -1.85. The first-order valence-corrected chi connectivity index (χ1v) is 12.6. The number of methoxy groups -OCH3 is 1. The monoisotopic (exact) mass is 553 g/mol. The number of nitrogens with zero attached hydrogens (tertiary/aromatic N) is 3. The van der Waals surface area contributed by atoms with Gasteiger partial charge in [-0.05, 0) is 61.6 Å². The Morgan fingerprint density at radius 3 is 2.15 bits per heavy atom. The van der Waals surface area contributed by atoms with E-state index in [1.807, 2.05) is 37.3 Å². The standard InChI is InChI=1S/C28H29F6N3O2/c1-3-36(15-18-7-6-8-18)25-21(13-20-9-4-5-10-24(20)35-25)17-37(26(38)39-2)16-19-11-22(27(29,30)31)14-23(12-19)28(32,33)34/h4-5,9-14,18H,3,6-8,15-17H2,1-2H3. The van der Waals surface area contributed by atoms with Gasteiger partial charge in [-0.25, -0.2) is 9.78 Å². The van der Waals surface area contributed by atoms with Gasteiger partial charge in [0.2, 0.25) is 0 Å². The number of benzene rings is 2. The third kappa shape index (κ3) is 6.75. The number of fused-ring (bicyclic) bond motifs is 1. The van der Waals surface area contributed by atoms with Gasteiger partial charge in [0.25, 0.3) is 0 Å². The second-order valence-electron chi connectivity index (χ2n) is 9.74. The van der Waals surface area contributed by atoms with E-state index in [1.54, 1.807) is 0 Å². The SMILES string of the molecule is CCN(CC1CCC1)c1nc2ccccc2cc1CN(Cc1cc(C(F)(F)F)cc(C(F)(F)F)c1)C(=O)OC. The third-order valence-corrected chi connectivity index (χ3v) is 6.98. The number of rotatable bonds is 8. The number of para-hydroxylation sites is 1. The van der Waals surface area contributed by atoms with Gasteiger partial charge in [0, 0.05) is 30.6 Å². The summed E-state index contributed by atoms with van der Waals surface area (Å²) in [6.07, 6.45) is -7.51. The van der Waals surface area contributed by atoms with E-state index < -0.39 is 36.1 Å². The Morgan fingerprint density at radius 1 is 0.974 bits per heavy atom. The van der Waals surface area contributed by atoms with Crippen molar-refractivity contribution in [3.05, 3.63) is 70.8 Å². The number of carbonyl (C=O) groups is 1. The topological polar surface area (TPSA) is 45.7 Å². The fourth-order valence-corrected chi connectivity index (χ4v) is 4.74. The molecule has 0 bridgehead atoms. The Morgan fingerprint density at radius 2 is 1.62 bits per heavy atom. The Bertz CT molecular complexity index is 1290. The fraction of sp³-hybridized carbons (Fsp3) is 0.429. The van der Waals surface area contributed by atoms with Gasteiger partial charge in [-0.1, -0.05) is 24.6 Å². The molecule has 0 unspecified atom stereocenters. The number of halogens is 6. The fourth-order valence-electron chi connectivity index (χ4n) is 4.74. The predicted octanol–water partition coefficient (Wildman–Crippen LogP) is 7.67. The predicted molar refractivity (Wildman–Crippen MR) is 135 cm³/mol. The van der Waals surface area contributed by atoms with Gasteiger partial charge in [0.05, 0.1) is 30.3 Å². The molecule has 0 atom stereocenters. The van der Waals surface area contributed by atoms with Gasteiger partial charge in [-0.2, -0.15) is 26.3 Å².